The van der Waals surface area contributed by atoms with Crippen molar-refractivity contribution in [1.29, 1.82) is 0 Å². The van der Waals surface area contributed by atoms with Gasteiger partial charge < -0.3 is 10.6 Å². The lowest BCUT2D eigenvalue weighted by Gasteiger charge is -2.02. The highest BCUT2D eigenvalue weighted by Crippen LogP contribution is 2.20. The molecule has 0 aliphatic carbocycles. The number of aromatic nitrogens is 4. The molecule has 0 saturated heterocycles. The maximum Gasteiger partial charge on any atom is 0.230 e. The van der Waals surface area contributed by atoms with Gasteiger partial charge in [-0.05, 0) is 30.5 Å². The molecular formula is C17H18F2N6OS2. The predicted molar refractivity (Wildman–Crippen MR) is 105 cm³/mol. The molecule has 2 aromatic heterocycles. The summed E-state index contributed by atoms with van der Waals surface area (Å²) in [7, 11) is 1.81. The number of hydrogen-bond donors (Lipinski definition) is 2. The predicted octanol–water partition coefficient (Wildman–Crippen LogP) is 3.46. The summed E-state index contributed by atoms with van der Waals surface area (Å²) in [6.07, 6.45) is 3.43. The van der Waals surface area contributed by atoms with E-state index in [1.807, 2.05) is 7.05 Å². The van der Waals surface area contributed by atoms with E-state index < -0.39 is 11.6 Å². The summed E-state index contributed by atoms with van der Waals surface area (Å²) in [4.78, 5) is 12.0. The van der Waals surface area contributed by atoms with Crippen molar-refractivity contribution in [3.8, 4) is 0 Å². The first-order chi connectivity index (χ1) is 13.5. The fraction of sp³-hybridized carbons (Fsp3) is 0.353. The molecule has 2 heterocycles. The van der Waals surface area contributed by atoms with Crippen LogP contribution in [0.2, 0.25) is 0 Å². The summed E-state index contributed by atoms with van der Waals surface area (Å²) < 4.78 is 26.1. The first-order valence-electron chi connectivity index (χ1n) is 8.60. The molecule has 3 rings (SSSR count). The summed E-state index contributed by atoms with van der Waals surface area (Å²) in [6.45, 7) is 0. The van der Waals surface area contributed by atoms with E-state index in [4.69, 9.17) is 0 Å². The van der Waals surface area contributed by atoms with Crippen LogP contribution in [0.4, 0.5) is 19.0 Å². The second-order valence-corrected chi connectivity index (χ2v) is 8.06. The third-order valence-electron chi connectivity index (χ3n) is 3.77. The van der Waals surface area contributed by atoms with Gasteiger partial charge in [0.2, 0.25) is 16.2 Å². The molecule has 2 N–H and O–H groups in total. The van der Waals surface area contributed by atoms with Crippen LogP contribution in [-0.4, -0.2) is 33.3 Å². The molecule has 0 saturated carbocycles. The molecule has 1 aromatic carbocycles. The van der Waals surface area contributed by atoms with Crippen molar-refractivity contribution in [2.24, 2.45) is 0 Å². The van der Waals surface area contributed by atoms with E-state index in [1.165, 1.54) is 17.4 Å². The first-order valence-corrected chi connectivity index (χ1v) is 10.2. The second kappa shape index (κ2) is 9.60. The van der Waals surface area contributed by atoms with Crippen LogP contribution in [0.5, 0.6) is 0 Å². The molecule has 148 valence electrons. The average molecular weight is 425 g/mol. The summed E-state index contributed by atoms with van der Waals surface area (Å²) in [5.74, 6) is -2.27. The van der Waals surface area contributed by atoms with Crippen molar-refractivity contribution in [2.45, 2.75) is 32.1 Å². The quantitative estimate of drug-likeness (QED) is 0.511. The van der Waals surface area contributed by atoms with E-state index >= 15 is 0 Å². The fourth-order valence-corrected chi connectivity index (χ4v) is 3.94. The van der Waals surface area contributed by atoms with E-state index in [0.29, 0.717) is 10.7 Å². The molecule has 0 fully saturated rings. The van der Waals surface area contributed by atoms with Crippen LogP contribution >= 0.6 is 22.7 Å². The summed E-state index contributed by atoms with van der Waals surface area (Å²) in [5.41, 5.74) is 0.388. The van der Waals surface area contributed by atoms with E-state index in [-0.39, 0.29) is 12.3 Å². The van der Waals surface area contributed by atoms with Crippen LogP contribution in [0.3, 0.4) is 0 Å². The number of unbranched alkanes of at least 4 members (excludes halogenated alkanes) is 1. The van der Waals surface area contributed by atoms with Gasteiger partial charge in [-0.2, -0.15) is 0 Å². The number of halogens is 2. The number of amides is 1. The van der Waals surface area contributed by atoms with Crippen molar-refractivity contribution in [2.75, 3.05) is 17.7 Å². The van der Waals surface area contributed by atoms with Crippen LogP contribution in [0.15, 0.2) is 18.2 Å². The molecule has 0 bridgehead atoms. The van der Waals surface area contributed by atoms with Gasteiger partial charge in [-0.3, -0.25) is 4.79 Å². The lowest BCUT2D eigenvalue weighted by Crippen LogP contribution is -2.14. The standard InChI is InChI=1S/C17H18F2N6OS2/c1-20-16-24-22-14(27-16)4-2-3-5-15-23-25-17(28-15)21-13(26)9-10-6-7-11(18)12(19)8-10/h6-8H,2-5,9H2,1H3,(H,20,24)(H,21,25,26). The maximum atomic E-state index is 13.2. The number of hydrogen-bond acceptors (Lipinski definition) is 8. The van der Waals surface area contributed by atoms with E-state index in [0.717, 1.165) is 53.0 Å². The number of nitrogens with zero attached hydrogens (tertiary/aromatic N) is 4. The Balaban J connectivity index is 1.41. The minimum atomic E-state index is -0.973. The molecule has 1 amide bonds. The van der Waals surface area contributed by atoms with Gasteiger partial charge in [0.1, 0.15) is 10.0 Å². The van der Waals surface area contributed by atoms with Crippen LogP contribution < -0.4 is 10.6 Å². The SMILES string of the molecule is CNc1nnc(CCCCc2nnc(NC(=O)Cc3ccc(F)c(F)c3)s2)s1. The Morgan fingerprint density at radius 2 is 1.61 bits per heavy atom. The molecule has 28 heavy (non-hydrogen) atoms. The number of carbonyl (C=O) groups excluding carboxylic acids is 1. The minimum absolute atomic E-state index is 0.0669. The minimum Gasteiger partial charge on any atom is -0.363 e. The summed E-state index contributed by atoms with van der Waals surface area (Å²) in [5, 5.41) is 24.8. The van der Waals surface area contributed by atoms with Crippen LogP contribution in [0.1, 0.15) is 28.4 Å². The highest BCUT2D eigenvalue weighted by molar-refractivity contribution is 7.15. The van der Waals surface area contributed by atoms with Gasteiger partial charge in [0.15, 0.2) is 11.6 Å². The van der Waals surface area contributed by atoms with Gasteiger partial charge in [-0.25, -0.2) is 8.78 Å². The largest absolute Gasteiger partial charge is 0.363 e. The lowest BCUT2D eigenvalue weighted by molar-refractivity contribution is -0.115. The zero-order valence-corrected chi connectivity index (χ0v) is 16.7. The van der Waals surface area contributed by atoms with Crippen LogP contribution in [-0.2, 0) is 24.1 Å². The molecule has 0 unspecified atom stereocenters. The molecule has 3 aromatic rings. The Labute approximate surface area is 168 Å². The smallest absolute Gasteiger partial charge is 0.230 e. The zero-order chi connectivity index (χ0) is 19.9. The Hall–Kier alpha value is -2.53. The van der Waals surface area contributed by atoms with Gasteiger partial charge in [0.05, 0.1) is 6.42 Å². The van der Waals surface area contributed by atoms with Gasteiger partial charge in [-0.15, -0.1) is 20.4 Å². The Morgan fingerprint density at radius 1 is 0.964 bits per heavy atom. The van der Waals surface area contributed by atoms with Gasteiger partial charge >= 0.3 is 0 Å². The number of nitrogens with one attached hydrogen (secondary N) is 2. The van der Waals surface area contributed by atoms with Gasteiger partial charge in [0, 0.05) is 19.9 Å². The molecule has 0 spiro atoms. The van der Waals surface area contributed by atoms with Crippen molar-refractivity contribution < 1.29 is 13.6 Å². The summed E-state index contributed by atoms with van der Waals surface area (Å²) in [6, 6.07) is 3.39. The number of benzene rings is 1. The average Bonchev–Trinajstić information content (AvgIpc) is 3.31. The maximum absolute atomic E-state index is 13.2. The molecule has 11 heteroatoms. The normalized spacial score (nSPS) is 10.8. The Morgan fingerprint density at radius 3 is 2.21 bits per heavy atom. The highest BCUT2D eigenvalue weighted by Gasteiger charge is 2.11. The van der Waals surface area contributed by atoms with Crippen molar-refractivity contribution in [3.63, 3.8) is 0 Å². The van der Waals surface area contributed by atoms with E-state index in [9.17, 15) is 13.6 Å². The van der Waals surface area contributed by atoms with Crippen molar-refractivity contribution in [1.82, 2.24) is 20.4 Å². The number of rotatable bonds is 9. The van der Waals surface area contributed by atoms with Gasteiger partial charge in [0.25, 0.3) is 0 Å². The molecule has 0 aliphatic rings. The molecular weight excluding hydrogens is 406 g/mol. The first kappa shape index (κ1) is 20.2. The lowest BCUT2D eigenvalue weighted by atomic mass is 10.1. The molecule has 0 atom stereocenters. The Bertz CT molecular complexity index is 945. The monoisotopic (exact) mass is 424 g/mol. The second-order valence-electron chi connectivity index (χ2n) is 5.93. The topological polar surface area (TPSA) is 92.7 Å². The van der Waals surface area contributed by atoms with Crippen molar-refractivity contribution >= 4 is 38.8 Å². The van der Waals surface area contributed by atoms with Crippen molar-refractivity contribution in [3.05, 3.63) is 45.4 Å². The van der Waals surface area contributed by atoms with Gasteiger partial charge in [-0.1, -0.05) is 28.7 Å². The molecule has 0 aliphatic heterocycles. The number of anilines is 2. The van der Waals surface area contributed by atoms with Crippen LogP contribution in [0.25, 0.3) is 0 Å². The third-order valence-corrected chi connectivity index (χ3v) is 5.67. The fourth-order valence-electron chi connectivity index (χ4n) is 2.41. The molecule has 0 radical (unpaired) electrons. The zero-order valence-electron chi connectivity index (χ0n) is 15.0. The Kier molecular flexibility index (Phi) is 6.93. The van der Waals surface area contributed by atoms with Crippen LogP contribution in [0, 0.1) is 11.6 Å². The number of carbonyl (C=O) groups is 1. The van der Waals surface area contributed by atoms with E-state index in [1.54, 1.807) is 11.3 Å². The third kappa shape index (κ3) is 5.73. The highest BCUT2D eigenvalue weighted by atomic mass is 32.1. The summed E-state index contributed by atoms with van der Waals surface area (Å²) >= 11 is 2.85. The van der Waals surface area contributed by atoms with E-state index in [2.05, 4.69) is 31.0 Å². The number of aryl methyl sites for hydroxylation is 2. The molecule has 7 nitrogen and oxygen atoms in total.